The quantitative estimate of drug-likeness (QED) is 0.496. The summed E-state index contributed by atoms with van der Waals surface area (Å²) < 4.78 is 41.2. The highest BCUT2D eigenvalue weighted by molar-refractivity contribution is 6.03. The topological polar surface area (TPSA) is 97.6 Å². The van der Waals surface area contributed by atoms with Gasteiger partial charge in [-0.1, -0.05) is 19.4 Å². The number of carbonyl (C=O) groups is 1. The first kappa shape index (κ1) is 19.7. The number of nitrogens with one attached hydrogen (secondary N) is 2. The maximum atomic E-state index is 13.0. The fourth-order valence-corrected chi connectivity index (χ4v) is 3.14. The van der Waals surface area contributed by atoms with Gasteiger partial charge in [0.1, 0.15) is 0 Å². The molecule has 0 atom stereocenters. The van der Waals surface area contributed by atoms with Crippen LogP contribution in [0, 0.1) is 0 Å². The van der Waals surface area contributed by atoms with E-state index in [4.69, 9.17) is 0 Å². The van der Waals surface area contributed by atoms with Gasteiger partial charge in [-0.25, -0.2) is 14.5 Å². The summed E-state index contributed by atoms with van der Waals surface area (Å²) in [5, 5.41) is 10.2. The summed E-state index contributed by atoms with van der Waals surface area (Å²) in [6, 6.07) is 3.97. The van der Waals surface area contributed by atoms with Crippen LogP contribution in [0.5, 0.6) is 0 Å². The number of hydrogen-bond donors (Lipinski definition) is 2. The number of fused-ring (bicyclic) bond motifs is 3. The molecule has 4 rings (SSSR count). The Balaban J connectivity index is 1.80. The van der Waals surface area contributed by atoms with E-state index in [1.807, 2.05) is 6.92 Å². The van der Waals surface area contributed by atoms with Gasteiger partial charge in [0.2, 0.25) is 0 Å². The van der Waals surface area contributed by atoms with E-state index >= 15 is 0 Å². The molecule has 0 aliphatic carbocycles. The number of alkyl halides is 3. The lowest BCUT2D eigenvalue weighted by atomic mass is 10.2. The molecule has 0 aliphatic heterocycles. The van der Waals surface area contributed by atoms with Gasteiger partial charge < -0.3 is 5.32 Å². The van der Waals surface area contributed by atoms with Crippen molar-refractivity contribution in [2.24, 2.45) is 0 Å². The molecule has 0 saturated carbocycles. The maximum absolute atomic E-state index is 13.0. The van der Waals surface area contributed by atoms with Crippen LogP contribution in [0.4, 0.5) is 18.0 Å². The van der Waals surface area contributed by atoms with Crippen LogP contribution in [0.2, 0.25) is 0 Å². The number of H-pyrrole nitrogens is 1. The average molecular weight is 418 g/mol. The zero-order chi connectivity index (χ0) is 21.5. The minimum atomic E-state index is -4.53. The zero-order valence-corrected chi connectivity index (χ0v) is 15.8. The number of unbranched alkanes of at least 4 members (excludes halogenated alkanes) is 1. The van der Waals surface area contributed by atoms with E-state index in [9.17, 15) is 22.8 Å². The lowest BCUT2D eigenvalue weighted by Gasteiger charge is -2.08. The predicted octanol–water partition coefficient (Wildman–Crippen LogP) is 3.44. The molecule has 156 valence electrons. The summed E-state index contributed by atoms with van der Waals surface area (Å²) in [6.45, 7) is 2.49. The molecular formula is C19H17F3N6O2. The molecule has 2 N–H and O–H groups in total. The number of nitrogens with zero attached hydrogens (tertiary/aromatic N) is 4. The van der Waals surface area contributed by atoms with E-state index in [0.29, 0.717) is 17.4 Å². The minimum absolute atomic E-state index is 0.0314. The Hall–Kier alpha value is -3.63. The van der Waals surface area contributed by atoms with Crippen LogP contribution in [-0.4, -0.2) is 37.1 Å². The van der Waals surface area contributed by atoms with Gasteiger partial charge in [-0.3, -0.25) is 9.89 Å². The van der Waals surface area contributed by atoms with Crippen molar-refractivity contribution in [3.05, 3.63) is 52.6 Å². The molecule has 4 aromatic rings. The summed E-state index contributed by atoms with van der Waals surface area (Å²) in [6.07, 6.45) is -0.138. The molecule has 1 aromatic carbocycles. The Morgan fingerprint density at radius 3 is 2.77 bits per heavy atom. The molecule has 0 unspecified atom stereocenters. The van der Waals surface area contributed by atoms with Crippen molar-refractivity contribution in [1.29, 1.82) is 0 Å². The van der Waals surface area contributed by atoms with Crippen LogP contribution in [-0.2, 0) is 6.18 Å². The third kappa shape index (κ3) is 3.31. The lowest BCUT2D eigenvalue weighted by Crippen LogP contribution is -2.30. The summed E-state index contributed by atoms with van der Waals surface area (Å²) >= 11 is 0. The molecule has 3 heterocycles. The van der Waals surface area contributed by atoms with Crippen molar-refractivity contribution in [2.45, 2.75) is 25.9 Å². The Morgan fingerprint density at radius 2 is 2.03 bits per heavy atom. The Labute approximate surface area is 167 Å². The predicted molar refractivity (Wildman–Crippen MR) is 104 cm³/mol. The average Bonchev–Trinajstić information content (AvgIpc) is 3.29. The second kappa shape index (κ2) is 7.32. The lowest BCUT2D eigenvalue weighted by molar-refractivity contribution is -0.137. The summed E-state index contributed by atoms with van der Waals surface area (Å²) in [4.78, 5) is 29.2. The number of aromatic amines is 1. The third-order valence-corrected chi connectivity index (χ3v) is 4.69. The molecule has 0 spiro atoms. The van der Waals surface area contributed by atoms with Gasteiger partial charge in [-0.2, -0.15) is 23.0 Å². The van der Waals surface area contributed by atoms with Gasteiger partial charge in [-0.05, 0) is 24.6 Å². The first-order valence-corrected chi connectivity index (χ1v) is 9.24. The van der Waals surface area contributed by atoms with E-state index in [2.05, 4.69) is 20.5 Å². The highest BCUT2D eigenvalue weighted by Gasteiger charge is 2.30. The molecule has 30 heavy (non-hydrogen) atoms. The van der Waals surface area contributed by atoms with Crippen LogP contribution in [0.15, 0.2) is 41.5 Å². The van der Waals surface area contributed by atoms with E-state index in [0.717, 1.165) is 34.3 Å². The number of pyridine rings is 1. The zero-order valence-electron chi connectivity index (χ0n) is 15.8. The standard InChI is InChI=1S/C19H17F3N6O2/c1-2-3-7-23-18(30)28-16-13(10-25-28)15-14(9-24-16)17(29)27(26-15)12-6-4-5-11(8-12)19(20,21)22/h4-6,8-10,26H,2-3,7H2,1H3,(H,23,30). The van der Waals surface area contributed by atoms with Crippen LogP contribution in [0.25, 0.3) is 27.6 Å². The van der Waals surface area contributed by atoms with Crippen molar-refractivity contribution < 1.29 is 18.0 Å². The second-order valence-electron chi connectivity index (χ2n) is 6.73. The number of benzene rings is 1. The highest BCUT2D eigenvalue weighted by Crippen LogP contribution is 2.30. The molecule has 8 nitrogen and oxygen atoms in total. The first-order valence-electron chi connectivity index (χ1n) is 9.24. The molecule has 3 aromatic heterocycles. The molecule has 0 aliphatic rings. The van der Waals surface area contributed by atoms with Gasteiger partial charge in [0.15, 0.2) is 5.65 Å². The van der Waals surface area contributed by atoms with Crippen LogP contribution >= 0.6 is 0 Å². The summed E-state index contributed by atoms with van der Waals surface area (Å²) in [7, 11) is 0. The van der Waals surface area contributed by atoms with Crippen LogP contribution in [0.1, 0.15) is 25.3 Å². The Kier molecular flexibility index (Phi) is 4.80. The molecule has 0 radical (unpaired) electrons. The molecular weight excluding hydrogens is 401 g/mol. The molecule has 0 fully saturated rings. The molecule has 0 bridgehead atoms. The van der Waals surface area contributed by atoms with Crippen molar-refractivity contribution in [3.63, 3.8) is 0 Å². The third-order valence-electron chi connectivity index (χ3n) is 4.69. The molecule has 0 saturated heterocycles. The van der Waals surface area contributed by atoms with Gasteiger partial charge in [0.25, 0.3) is 5.56 Å². The molecule has 11 heteroatoms. The normalized spacial score (nSPS) is 12.0. The highest BCUT2D eigenvalue weighted by atomic mass is 19.4. The molecule has 1 amide bonds. The number of halogens is 3. The monoisotopic (exact) mass is 418 g/mol. The minimum Gasteiger partial charge on any atom is -0.336 e. The van der Waals surface area contributed by atoms with Crippen LogP contribution in [0.3, 0.4) is 0 Å². The maximum Gasteiger partial charge on any atom is 0.416 e. The number of amides is 1. The first-order chi connectivity index (χ1) is 14.3. The fraction of sp³-hybridized carbons (Fsp3) is 0.263. The Morgan fingerprint density at radius 1 is 1.23 bits per heavy atom. The van der Waals surface area contributed by atoms with E-state index in [1.54, 1.807) is 0 Å². The fourth-order valence-electron chi connectivity index (χ4n) is 3.14. The smallest absolute Gasteiger partial charge is 0.336 e. The number of rotatable bonds is 4. The van der Waals surface area contributed by atoms with Crippen molar-refractivity contribution in [2.75, 3.05) is 6.54 Å². The SMILES string of the molecule is CCCCNC(=O)n1ncc2c3[nH]n(-c4cccc(C(F)(F)F)c4)c(=O)c3cnc21. The summed E-state index contributed by atoms with van der Waals surface area (Å²) in [5.74, 6) is 0. The number of hydrogen-bond acceptors (Lipinski definition) is 4. The van der Waals surface area contributed by atoms with Gasteiger partial charge in [0, 0.05) is 12.7 Å². The number of carbonyl (C=O) groups excluding carboxylic acids is 1. The van der Waals surface area contributed by atoms with E-state index in [1.165, 1.54) is 24.5 Å². The van der Waals surface area contributed by atoms with Crippen LogP contribution < -0.4 is 10.9 Å². The summed E-state index contributed by atoms with van der Waals surface area (Å²) in [5.41, 5.74) is -0.836. The Bertz CT molecular complexity index is 1300. The van der Waals surface area contributed by atoms with Gasteiger partial charge in [0.05, 0.1) is 33.7 Å². The second-order valence-corrected chi connectivity index (χ2v) is 6.73. The van der Waals surface area contributed by atoms with Crippen molar-refractivity contribution in [3.8, 4) is 5.69 Å². The largest absolute Gasteiger partial charge is 0.416 e. The number of aromatic nitrogens is 5. The van der Waals surface area contributed by atoms with Gasteiger partial charge in [-0.15, -0.1) is 0 Å². The van der Waals surface area contributed by atoms with Gasteiger partial charge >= 0.3 is 12.2 Å². The van der Waals surface area contributed by atoms with E-state index < -0.39 is 23.3 Å². The van der Waals surface area contributed by atoms with Crippen molar-refractivity contribution >= 4 is 28.0 Å². The van der Waals surface area contributed by atoms with E-state index in [-0.39, 0.29) is 16.7 Å². The van der Waals surface area contributed by atoms with Crippen molar-refractivity contribution in [1.82, 2.24) is 29.9 Å².